The molecule has 3 rings (SSSR count). The standard InChI is InChI=1S/C20H23NO3/c1-24-16-11-9-15(10-12-16)19(22)13-21-20(23)18-8-4-6-14-5-2-3-7-17(14)18/h2-3,5,7,9-12,18-19,22H,4,6,8,13H2,1H3,(H,21,23)/t18-,19-/m0/s1. The number of ether oxygens (including phenoxy) is 1. The molecule has 4 heteroatoms. The van der Waals surface area contributed by atoms with Crippen molar-refractivity contribution in [3.05, 3.63) is 65.2 Å². The van der Waals surface area contributed by atoms with E-state index in [2.05, 4.69) is 11.4 Å². The van der Waals surface area contributed by atoms with Crippen LogP contribution in [0.1, 0.15) is 41.6 Å². The molecular formula is C20H23NO3. The lowest BCUT2D eigenvalue weighted by molar-refractivity contribution is -0.123. The van der Waals surface area contributed by atoms with E-state index in [1.165, 1.54) is 5.56 Å². The third kappa shape index (κ3) is 3.60. The molecular weight excluding hydrogens is 302 g/mol. The summed E-state index contributed by atoms with van der Waals surface area (Å²) in [6.07, 6.45) is 2.20. The molecule has 4 nitrogen and oxygen atoms in total. The zero-order valence-corrected chi connectivity index (χ0v) is 13.9. The number of rotatable bonds is 5. The van der Waals surface area contributed by atoms with Crippen LogP contribution in [0.3, 0.4) is 0 Å². The van der Waals surface area contributed by atoms with Crippen LogP contribution in [-0.4, -0.2) is 24.7 Å². The average Bonchev–Trinajstić information content (AvgIpc) is 2.65. The van der Waals surface area contributed by atoms with E-state index < -0.39 is 6.10 Å². The molecule has 0 fully saturated rings. The molecule has 0 unspecified atom stereocenters. The summed E-state index contributed by atoms with van der Waals surface area (Å²) < 4.78 is 5.11. The second-order valence-corrected chi connectivity index (χ2v) is 6.18. The Labute approximate surface area is 142 Å². The summed E-state index contributed by atoms with van der Waals surface area (Å²) in [7, 11) is 1.60. The lowest BCUT2D eigenvalue weighted by Crippen LogP contribution is -2.34. The predicted molar refractivity (Wildman–Crippen MR) is 93.1 cm³/mol. The van der Waals surface area contributed by atoms with Crippen molar-refractivity contribution in [3.63, 3.8) is 0 Å². The van der Waals surface area contributed by atoms with E-state index in [0.29, 0.717) is 0 Å². The molecule has 2 aromatic rings. The maximum Gasteiger partial charge on any atom is 0.227 e. The molecule has 2 aromatic carbocycles. The number of amides is 1. The second kappa shape index (κ2) is 7.49. The number of nitrogens with one attached hydrogen (secondary N) is 1. The minimum atomic E-state index is -0.723. The quantitative estimate of drug-likeness (QED) is 0.888. The Kier molecular flexibility index (Phi) is 5.16. The SMILES string of the molecule is COc1ccc([C@@H](O)CNC(=O)[C@H]2CCCc3ccccc32)cc1. The van der Waals surface area contributed by atoms with E-state index >= 15 is 0 Å². The molecule has 0 spiro atoms. The van der Waals surface area contributed by atoms with Gasteiger partial charge in [0.05, 0.1) is 19.1 Å². The summed E-state index contributed by atoms with van der Waals surface area (Å²) in [6, 6.07) is 15.4. The van der Waals surface area contributed by atoms with Crippen molar-refractivity contribution in [3.8, 4) is 5.75 Å². The lowest BCUT2D eigenvalue weighted by atomic mass is 9.82. The lowest BCUT2D eigenvalue weighted by Gasteiger charge is -2.25. The third-order valence-corrected chi connectivity index (χ3v) is 4.66. The van der Waals surface area contributed by atoms with Crippen LogP contribution in [0.5, 0.6) is 5.75 Å². The van der Waals surface area contributed by atoms with Crippen molar-refractivity contribution in [2.24, 2.45) is 0 Å². The largest absolute Gasteiger partial charge is 0.497 e. The summed E-state index contributed by atoms with van der Waals surface area (Å²) >= 11 is 0. The van der Waals surface area contributed by atoms with Crippen LogP contribution in [0.15, 0.2) is 48.5 Å². The van der Waals surface area contributed by atoms with Gasteiger partial charge in [-0.2, -0.15) is 0 Å². The molecule has 0 saturated carbocycles. The first kappa shape index (κ1) is 16.5. The maximum atomic E-state index is 12.6. The highest BCUT2D eigenvalue weighted by Gasteiger charge is 2.26. The highest BCUT2D eigenvalue weighted by atomic mass is 16.5. The number of aliphatic hydroxyl groups excluding tert-OH is 1. The normalized spacial score (nSPS) is 17.7. The predicted octanol–water partition coefficient (Wildman–Crippen LogP) is 2.96. The number of aryl methyl sites for hydroxylation is 1. The van der Waals surface area contributed by atoms with Crippen LogP contribution in [0, 0.1) is 0 Å². The number of benzene rings is 2. The molecule has 2 N–H and O–H groups in total. The minimum Gasteiger partial charge on any atom is -0.497 e. The van der Waals surface area contributed by atoms with Crippen molar-refractivity contribution in [2.45, 2.75) is 31.3 Å². The minimum absolute atomic E-state index is 0.00490. The number of methoxy groups -OCH3 is 1. The molecule has 1 aliphatic carbocycles. The van der Waals surface area contributed by atoms with E-state index in [9.17, 15) is 9.90 Å². The number of hydrogen-bond acceptors (Lipinski definition) is 3. The summed E-state index contributed by atoms with van der Waals surface area (Å²) in [5.41, 5.74) is 3.15. The van der Waals surface area contributed by atoms with Crippen LogP contribution in [-0.2, 0) is 11.2 Å². The number of fused-ring (bicyclic) bond motifs is 1. The topological polar surface area (TPSA) is 58.6 Å². The fraction of sp³-hybridized carbons (Fsp3) is 0.350. The fourth-order valence-electron chi connectivity index (χ4n) is 3.29. The van der Waals surface area contributed by atoms with Crippen LogP contribution in [0.25, 0.3) is 0 Å². The van der Waals surface area contributed by atoms with E-state index in [4.69, 9.17) is 4.74 Å². The number of aliphatic hydroxyl groups is 1. The Morgan fingerprint density at radius 2 is 2.00 bits per heavy atom. The van der Waals surface area contributed by atoms with Gasteiger partial charge in [0.1, 0.15) is 5.75 Å². The van der Waals surface area contributed by atoms with Crippen LogP contribution >= 0.6 is 0 Å². The first-order valence-electron chi connectivity index (χ1n) is 8.36. The summed E-state index contributed by atoms with van der Waals surface area (Å²) in [5.74, 6) is 0.626. The Hall–Kier alpha value is -2.33. The Morgan fingerprint density at radius 1 is 1.25 bits per heavy atom. The van der Waals surface area contributed by atoms with E-state index in [0.717, 1.165) is 36.1 Å². The first-order chi connectivity index (χ1) is 11.7. The molecule has 0 bridgehead atoms. The van der Waals surface area contributed by atoms with Gasteiger partial charge in [0.25, 0.3) is 0 Å². The molecule has 0 aromatic heterocycles. The molecule has 126 valence electrons. The van der Waals surface area contributed by atoms with Crippen molar-refractivity contribution in [2.75, 3.05) is 13.7 Å². The van der Waals surface area contributed by atoms with Gasteiger partial charge in [-0.25, -0.2) is 0 Å². The summed E-state index contributed by atoms with van der Waals surface area (Å²) in [4.78, 5) is 12.6. The molecule has 1 amide bonds. The average molecular weight is 325 g/mol. The van der Waals surface area contributed by atoms with Crippen molar-refractivity contribution >= 4 is 5.91 Å². The fourth-order valence-corrected chi connectivity index (χ4v) is 3.29. The van der Waals surface area contributed by atoms with Gasteiger partial charge in [0.15, 0.2) is 0 Å². The molecule has 1 aliphatic rings. The Balaban J connectivity index is 1.61. The molecule has 0 aliphatic heterocycles. The van der Waals surface area contributed by atoms with Crippen LogP contribution in [0.4, 0.5) is 0 Å². The Bertz CT molecular complexity index is 696. The van der Waals surface area contributed by atoms with Gasteiger partial charge in [-0.05, 0) is 48.1 Å². The van der Waals surface area contributed by atoms with Gasteiger partial charge in [0.2, 0.25) is 5.91 Å². The number of hydrogen-bond donors (Lipinski definition) is 2. The van der Waals surface area contributed by atoms with Crippen LogP contribution in [0.2, 0.25) is 0 Å². The zero-order valence-electron chi connectivity index (χ0n) is 13.9. The number of carbonyl (C=O) groups excluding carboxylic acids is 1. The highest BCUT2D eigenvalue weighted by Crippen LogP contribution is 2.31. The van der Waals surface area contributed by atoms with Crippen molar-refractivity contribution < 1.29 is 14.6 Å². The third-order valence-electron chi connectivity index (χ3n) is 4.66. The van der Waals surface area contributed by atoms with E-state index in [1.807, 2.05) is 30.3 Å². The monoisotopic (exact) mass is 325 g/mol. The molecule has 2 atom stereocenters. The molecule has 0 heterocycles. The van der Waals surface area contributed by atoms with Crippen molar-refractivity contribution in [1.29, 1.82) is 0 Å². The Morgan fingerprint density at radius 3 is 2.75 bits per heavy atom. The van der Waals surface area contributed by atoms with E-state index in [1.54, 1.807) is 19.2 Å². The first-order valence-corrected chi connectivity index (χ1v) is 8.36. The summed E-state index contributed by atoms with van der Waals surface area (Å²) in [6.45, 7) is 0.212. The molecule has 24 heavy (non-hydrogen) atoms. The second-order valence-electron chi connectivity index (χ2n) is 6.18. The van der Waals surface area contributed by atoms with Crippen molar-refractivity contribution in [1.82, 2.24) is 5.32 Å². The maximum absolute atomic E-state index is 12.6. The molecule has 0 saturated heterocycles. The van der Waals surface area contributed by atoms with Gasteiger partial charge in [-0.1, -0.05) is 36.4 Å². The number of carbonyl (C=O) groups is 1. The highest BCUT2D eigenvalue weighted by molar-refractivity contribution is 5.84. The van der Waals surface area contributed by atoms with Gasteiger partial charge >= 0.3 is 0 Å². The smallest absolute Gasteiger partial charge is 0.227 e. The zero-order chi connectivity index (χ0) is 16.9. The summed E-state index contributed by atoms with van der Waals surface area (Å²) in [5, 5.41) is 13.2. The molecule has 0 radical (unpaired) electrons. The van der Waals surface area contributed by atoms with Gasteiger partial charge in [-0.3, -0.25) is 4.79 Å². The van der Waals surface area contributed by atoms with E-state index in [-0.39, 0.29) is 18.4 Å². The van der Waals surface area contributed by atoms with Crippen LogP contribution < -0.4 is 10.1 Å². The van der Waals surface area contributed by atoms with Gasteiger partial charge in [0, 0.05) is 6.54 Å². The van der Waals surface area contributed by atoms with Gasteiger partial charge < -0.3 is 15.2 Å². The van der Waals surface area contributed by atoms with Gasteiger partial charge in [-0.15, -0.1) is 0 Å².